The van der Waals surface area contributed by atoms with Gasteiger partial charge in [-0.3, -0.25) is 10.1 Å². The van der Waals surface area contributed by atoms with E-state index in [4.69, 9.17) is 9.15 Å². The number of carbonyl (C=O) groups excluding carboxylic acids is 1. The minimum Gasteiger partial charge on any atom is -0.497 e. The van der Waals surface area contributed by atoms with E-state index in [1.54, 1.807) is 7.11 Å². The molecule has 0 bridgehead atoms. The number of methoxy groups -OCH3 is 1. The lowest BCUT2D eigenvalue weighted by Gasteiger charge is -2.03. The minimum absolute atomic E-state index is 0.121. The molecule has 2 aromatic carbocycles. The molecule has 0 radical (unpaired) electrons. The second-order valence-corrected chi connectivity index (χ2v) is 6.91. The topological polar surface area (TPSA) is 77.2 Å². The summed E-state index contributed by atoms with van der Waals surface area (Å²) in [6.07, 6.45) is 1.54. The van der Waals surface area contributed by atoms with E-state index in [1.165, 1.54) is 17.3 Å². The molecule has 0 atom stereocenters. The summed E-state index contributed by atoms with van der Waals surface area (Å²) in [5.74, 6) is 1.31. The van der Waals surface area contributed by atoms with Crippen LogP contribution in [0.1, 0.15) is 23.9 Å². The fourth-order valence-electron chi connectivity index (χ4n) is 2.42. The fourth-order valence-corrected chi connectivity index (χ4v) is 3.12. The molecule has 0 spiro atoms. The Hall–Kier alpha value is -2.80. The predicted molar refractivity (Wildman–Crippen MR) is 105 cm³/mol. The van der Waals surface area contributed by atoms with Gasteiger partial charge in [-0.15, -0.1) is 16.9 Å². The molecule has 1 amide bonds. The summed E-state index contributed by atoms with van der Waals surface area (Å²) in [5.41, 5.74) is 2.37. The molecule has 0 unspecified atom stereocenters. The summed E-state index contributed by atoms with van der Waals surface area (Å²) < 4.78 is 10.6. The smallest absolute Gasteiger partial charge is 0.322 e. The van der Waals surface area contributed by atoms with Crippen LogP contribution in [0.2, 0.25) is 0 Å². The minimum atomic E-state index is -0.196. The van der Waals surface area contributed by atoms with E-state index >= 15 is 0 Å². The number of ether oxygens (including phenoxy) is 1. The number of benzene rings is 2. The molecule has 27 heavy (non-hydrogen) atoms. The highest BCUT2D eigenvalue weighted by molar-refractivity contribution is 8.00. The van der Waals surface area contributed by atoms with E-state index in [0.29, 0.717) is 12.3 Å². The van der Waals surface area contributed by atoms with Gasteiger partial charge >= 0.3 is 6.01 Å². The molecule has 0 aliphatic rings. The first-order valence-electron chi connectivity index (χ1n) is 8.63. The average molecular weight is 383 g/mol. The predicted octanol–water partition coefficient (Wildman–Crippen LogP) is 3.96. The van der Waals surface area contributed by atoms with E-state index in [9.17, 15) is 4.79 Å². The van der Waals surface area contributed by atoms with Crippen LogP contribution in [0.5, 0.6) is 5.75 Å². The van der Waals surface area contributed by atoms with E-state index in [0.717, 1.165) is 22.6 Å². The van der Waals surface area contributed by atoms with E-state index in [1.807, 2.05) is 36.4 Å². The van der Waals surface area contributed by atoms with E-state index in [2.05, 4.69) is 34.6 Å². The van der Waals surface area contributed by atoms with Crippen LogP contribution in [0.4, 0.5) is 6.01 Å². The second-order valence-electron chi connectivity index (χ2n) is 5.86. The number of hydrogen-bond donors (Lipinski definition) is 1. The van der Waals surface area contributed by atoms with Crippen molar-refractivity contribution in [1.29, 1.82) is 0 Å². The lowest BCUT2D eigenvalue weighted by atomic mass is 10.1. The molecule has 0 saturated heterocycles. The van der Waals surface area contributed by atoms with Crippen molar-refractivity contribution >= 4 is 23.7 Å². The quantitative estimate of drug-likeness (QED) is 0.593. The third-order valence-corrected chi connectivity index (χ3v) is 4.94. The van der Waals surface area contributed by atoms with Crippen LogP contribution < -0.4 is 10.1 Å². The highest BCUT2D eigenvalue weighted by Gasteiger charge is 2.11. The largest absolute Gasteiger partial charge is 0.497 e. The van der Waals surface area contributed by atoms with Gasteiger partial charge in [0.1, 0.15) is 5.75 Å². The molecular weight excluding hydrogens is 362 g/mol. The number of aromatic nitrogens is 2. The van der Waals surface area contributed by atoms with Crippen molar-refractivity contribution in [3.8, 4) is 5.75 Å². The van der Waals surface area contributed by atoms with Gasteiger partial charge in [-0.2, -0.15) is 0 Å². The monoisotopic (exact) mass is 383 g/mol. The molecule has 6 nitrogen and oxygen atoms in total. The lowest BCUT2D eigenvalue weighted by Crippen LogP contribution is -2.14. The second kappa shape index (κ2) is 9.23. The third-order valence-electron chi connectivity index (χ3n) is 3.93. The molecule has 7 heteroatoms. The number of hydrogen-bond acceptors (Lipinski definition) is 6. The maximum Gasteiger partial charge on any atom is 0.322 e. The van der Waals surface area contributed by atoms with Crippen LogP contribution in [0, 0.1) is 0 Å². The highest BCUT2D eigenvalue weighted by atomic mass is 32.2. The van der Waals surface area contributed by atoms with E-state index < -0.39 is 0 Å². The Balaban J connectivity index is 1.49. The average Bonchev–Trinajstić information content (AvgIpc) is 3.14. The first-order chi connectivity index (χ1) is 13.2. The maximum absolute atomic E-state index is 12.1. The van der Waals surface area contributed by atoms with Gasteiger partial charge in [0.2, 0.25) is 11.8 Å². The van der Waals surface area contributed by atoms with Crippen molar-refractivity contribution in [3.63, 3.8) is 0 Å². The Bertz CT molecular complexity index is 876. The molecule has 1 N–H and O–H groups in total. The van der Waals surface area contributed by atoms with Crippen LogP contribution in [0.3, 0.4) is 0 Å². The molecule has 1 aromatic heterocycles. The number of aryl methyl sites for hydroxylation is 1. The van der Waals surface area contributed by atoms with Gasteiger partial charge in [0.25, 0.3) is 0 Å². The van der Waals surface area contributed by atoms with Crippen molar-refractivity contribution in [2.75, 3.05) is 18.2 Å². The van der Waals surface area contributed by atoms with Gasteiger partial charge in [0.15, 0.2) is 0 Å². The summed E-state index contributed by atoms with van der Waals surface area (Å²) in [6, 6.07) is 15.9. The fraction of sp³-hybridized carbons (Fsp3) is 0.250. The molecular formula is C20H21N3O3S. The zero-order valence-electron chi connectivity index (χ0n) is 15.3. The van der Waals surface area contributed by atoms with Crippen molar-refractivity contribution in [2.45, 2.75) is 24.7 Å². The number of anilines is 1. The Kier molecular flexibility index (Phi) is 6.49. The molecule has 0 aliphatic heterocycles. The third kappa shape index (κ3) is 5.59. The van der Waals surface area contributed by atoms with Gasteiger partial charge in [-0.25, -0.2) is 0 Å². The van der Waals surface area contributed by atoms with Crippen LogP contribution in [-0.2, 0) is 17.6 Å². The van der Waals surface area contributed by atoms with Crippen molar-refractivity contribution in [2.24, 2.45) is 0 Å². The molecule has 0 saturated carbocycles. The SMILES string of the molecule is CCc1ccc(Cc2nnc(NC(=O)CSc3ccc(OC)cc3)o2)cc1. The lowest BCUT2D eigenvalue weighted by molar-refractivity contribution is -0.113. The Labute approximate surface area is 162 Å². The van der Waals surface area contributed by atoms with Gasteiger partial charge in [-0.1, -0.05) is 36.3 Å². The number of amides is 1. The Morgan fingerprint density at radius 1 is 1.07 bits per heavy atom. The summed E-state index contributed by atoms with van der Waals surface area (Å²) in [4.78, 5) is 13.0. The molecule has 1 heterocycles. The number of carbonyl (C=O) groups is 1. The van der Waals surface area contributed by atoms with Crippen molar-refractivity contribution in [1.82, 2.24) is 10.2 Å². The first kappa shape index (κ1) is 19.0. The standard InChI is InChI=1S/C20H21N3O3S/c1-3-14-4-6-15(7-5-14)12-19-22-23-20(26-19)21-18(24)13-27-17-10-8-16(25-2)9-11-17/h4-11H,3,12-13H2,1-2H3,(H,21,23,24). The summed E-state index contributed by atoms with van der Waals surface area (Å²) >= 11 is 1.42. The van der Waals surface area contributed by atoms with Crippen molar-refractivity contribution in [3.05, 3.63) is 65.5 Å². The molecule has 0 fully saturated rings. The van der Waals surface area contributed by atoms with Crippen LogP contribution in [-0.4, -0.2) is 29.0 Å². The van der Waals surface area contributed by atoms with Gasteiger partial charge in [-0.05, 0) is 41.8 Å². The molecule has 140 valence electrons. The zero-order valence-corrected chi connectivity index (χ0v) is 16.1. The summed E-state index contributed by atoms with van der Waals surface area (Å²) in [5, 5.41) is 10.5. The number of nitrogens with one attached hydrogen (secondary N) is 1. The van der Waals surface area contributed by atoms with E-state index in [-0.39, 0.29) is 17.7 Å². The number of rotatable bonds is 8. The first-order valence-corrected chi connectivity index (χ1v) is 9.61. The highest BCUT2D eigenvalue weighted by Crippen LogP contribution is 2.21. The molecule has 0 aliphatic carbocycles. The van der Waals surface area contributed by atoms with Gasteiger partial charge in [0.05, 0.1) is 19.3 Å². The van der Waals surface area contributed by atoms with Gasteiger partial charge < -0.3 is 9.15 Å². The van der Waals surface area contributed by atoms with Crippen LogP contribution in [0.25, 0.3) is 0 Å². The zero-order chi connectivity index (χ0) is 19.1. The van der Waals surface area contributed by atoms with Crippen LogP contribution in [0.15, 0.2) is 57.8 Å². The number of nitrogens with zero attached hydrogens (tertiary/aromatic N) is 2. The molecule has 3 rings (SSSR count). The maximum atomic E-state index is 12.1. The van der Waals surface area contributed by atoms with Crippen molar-refractivity contribution < 1.29 is 13.9 Å². The molecule has 3 aromatic rings. The number of thioether (sulfide) groups is 1. The van der Waals surface area contributed by atoms with Crippen LogP contribution >= 0.6 is 11.8 Å². The Morgan fingerprint density at radius 2 is 1.78 bits per heavy atom. The summed E-state index contributed by atoms with van der Waals surface area (Å²) in [7, 11) is 1.62. The Morgan fingerprint density at radius 3 is 2.44 bits per heavy atom. The summed E-state index contributed by atoms with van der Waals surface area (Å²) in [6.45, 7) is 2.12. The van der Waals surface area contributed by atoms with Gasteiger partial charge in [0, 0.05) is 4.90 Å². The normalized spacial score (nSPS) is 10.6.